The predicted octanol–water partition coefficient (Wildman–Crippen LogP) is 2.33. The number of pyridine rings is 2. The minimum absolute atomic E-state index is 0.0185. The molecule has 1 saturated heterocycles. The standard InChI is InChI=1S/C23H22F2N6O3/c1-12-17-20(34-29-12)14-4-3-13(18(24)19(14)28-23(17)33)11-30-7-9-31(10-8-30)16-6-5-15(22(32)26-2)27-21(16)25/h3-6H,7-11H2,1-2H3,(H,26,32)(H,28,33). The lowest BCUT2D eigenvalue weighted by atomic mass is 10.1. The smallest absolute Gasteiger partial charge is 0.269 e. The lowest BCUT2D eigenvalue weighted by Crippen LogP contribution is -2.46. The predicted molar refractivity (Wildman–Crippen MR) is 122 cm³/mol. The van der Waals surface area contributed by atoms with Crippen molar-refractivity contribution in [3.63, 3.8) is 0 Å². The molecule has 1 amide bonds. The Bertz CT molecular complexity index is 1470. The van der Waals surface area contributed by atoms with Gasteiger partial charge in [-0.2, -0.15) is 4.39 Å². The van der Waals surface area contributed by atoms with E-state index < -0.39 is 23.2 Å². The zero-order valence-electron chi connectivity index (χ0n) is 18.6. The number of rotatable bonds is 4. The molecule has 5 rings (SSSR count). The highest BCUT2D eigenvalue weighted by Gasteiger charge is 2.23. The number of aromatic nitrogens is 3. The summed E-state index contributed by atoms with van der Waals surface area (Å²) < 4.78 is 35.1. The maximum atomic E-state index is 15.3. The molecule has 0 atom stereocenters. The molecule has 1 fully saturated rings. The molecule has 4 heterocycles. The van der Waals surface area contributed by atoms with Crippen LogP contribution in [0.15, 0.2) is 33.6 Å². The number of hydrogen-bond acceptors (Lipinski definition) is 7. The van der Waals surface area contributed by atoms with Crippen molar-refractivity contribution in [2.24, 2.45) is 0 Å². The number of carbonyl (C=O) groups excluding carboxylic acids is 1. The fourth-order valence-corrected chi connectivity index (χ4v) is 4.35. The van der Waals surface area contributed by atoms with Crippen LogP contribution in [0.25, 0.3) is 21.9 Å². The van der Waals surface area contributed by atoms with Crippen molar-refractivity contribution in [2.75, 3.05) is 38.1 Å². The molecule has 2 N–H and O–H groups in total. The molecular weight excluding hydrogens is 446 g/mol. The number of aryl methyl sites for hydroxylation is 1. The van der Waals surface area contributed by atoms with Gasteiger partial charge in [0.05, 0.1) is 16.9 Å². The van der Waals surface area contributed by atoms with Gasteiger partial charge in [0.15, 0.2) is 11.4 Å². The van der Waals surface area contributed by atoms with Crippen LogP contribution in [-0.2, 0) is 6.54 Å². The lowest BCUT2D eigenvalue weighted by Gasteiger charge is -2.36. The normalized spacial score (nSPS) is 14.8. The van der Waals surface area contributed by atoms with E-state index in [1.54, 1.807) is 25.1 Å². The molecule has 0 bridgehead atoms. The molecule has 1 aliphatic heterocycles. The summed E-state index contributed by atoms with van der Waals surface area (Å²) in [5.74, 6) is -1.66. The number of aromatic amines is 1. The van der Waals surface area contributed by atoms with Gasteiger partial charge in [0.1, 0.15) is 11.1 Å². The summed E-state index contributed by atoms with van der Waals surface area (Å²) in [6, 6.07) is 6.44. The first-order chi connectivity index (χ1) is 16.4. The molecule has 176 valence electrons. The number of piperazine rings is 1. The van der Waals surface area contributed by atoms with Crippen LogP contribution >= 0.6 is 0 Å². The van der Waals surface area contributed by atoms with Crippen molar-refractivity contribution in [3.05, 3.63) is 63.3 Å². The summed E-state index contributed by atoms with van der Waals surface area (Å²) in [5, 5.41) is 7.03. The maximum Gasteiger partial charge on any atom is 0.269 e. The number of nitrogens with zero attached hydrogens (tertiary/aromatic N) is 4. The van der Waals surface area contributed by atoms with Gasteiger partial charge in [0.2, 0.25) is 5.95 Å². The number of amides is 1. The van der Waals surface area contributed by atoms with Crippen molar-refractivity contribution in [2.45, 2.75) is 13.5 Å². The van der Waals surface area contributed by atoms with Gasteiger partial charge in [-0.25, -0.2) is 9.37 Å². The van der Waals surface area contributed by atoms with Crippen molar-refractivity contribution in [1.29, 1.82) is 0 Å². The van der Waals surface area contributed by atoms with E-state index >= 15 is 4.39 Å². The molecule has 0 radical (unpaired) electrons. The summed E-state index contributed by atoms with van der Waals surface area (Å²) in [6.45, 7) is 4.18. The number of nitrogens with one attached hydrogen (secondary N) is 2. The number of fused-ring (bicyclic) bond motifs is 3. The Hall–Kier alpha value is -3.86. The fourth-order valence-electron chi connectivity index (χ4n) is 4.35. The van der Waals surface area contributed by atoms with Crippen LogP contribution in [0.2, 0.25) is 0 Å². The van der Waals surface area contributed by atoms with Crippen LogP contribution in [0.1, 0.15) is 21.7 Å². The average molecular weight is 468 g/mol. The molecule has 1 aliphatic rings. The number of H-pyrrole nitrogens is 1. The summed E-state index contributed by atoms with van der Waals surface area (Å²) >= 11 is 0. The average Bonchev–Trinajstić information content (AvgIpc) is 3.23. The number of anilines is 1. The Kier molecular flexibility index (Phi) is 5.48. The third-order valence-corrected chi connectivity index (χ3v) is 6.19. The van der Waals surface area contributed by atoms with E-state index in [2.05, 4.69) is 25.3 Å². The van der Waals surface area contributed by atoms with Gasteiger partial charge in [-0.1, -0.05) is 11.2 Å². The highest BCUT2D eigenvalue weighted by Crippen LogP contribution is 2.27. The Morgan fingerprint density at radius 3 is 2.65 bits per heavy atom. The molecule has 4 aromatic rings. The Balaban J connectivity index is 1.32. The van der Waals surface area contributed by atoms with Crippen molar-refractivity contribution >= 4 is 33.5 Å². The molecule has 34 heavy (non-hydrogen) atoms. The molecule has 9 nitrogen and oxygen atoms in total. The zero-order valence-corrected chi connectivity index (χ0v) is 18.6. The highest BCUT2D eigenvalue weighted by molar-refractivity contribution is 6.02. The van der Waals surface area contributed by atoms with Gasteiger partial charge >= 0.3 is 0 Å². The second kappa shape index (κ2) is 8.49. The Morgan fingerprint density at radius 2 is 1.94 bits per heavy atom. The van der Waals surface area contributed by atoms with E-state index in [0.29, 0.717) is 60.4 Å². The zero-order chi connectivity index (χ0) is 24.0. The van der Waals surface area contributed by atoms with Crippen LogP contribution in [0.4, 0.5) is 14.5 Å². The second-order valence-electron chi connectivity index (χ2n) is 8.24. The first-order valence-electron chi connectivity index (χ1n) is 10.8. The fraction of sp³-hybridized carbons (Fsp3) is 0.304. The van der Waals surface area contributed by atoms with Gasteiger partial charge in [0, 0.05) is 50.7 Å². The third-order valence-electron chi connectivity index (χ3n) is 6.19. The monoisotopic (exact) mass is 468 g/mol. The van der Waals surface area contributed by atoms with Gasteiger partial charge in [-0.05, 0) is 25.1 Å². The Morgan fingerprint density at radius 1 is 1.18 bits per heavy atom. The van der Waals surface area contributed by atoms with Crippen LogP contribution < -0.4 is 15.8 Å². The Labute approximate surface area is 192 Å². The topological polar surface area (TPSA) is 107 Å². The number of halogens is 2. The van der Waals surface area contributed by atoms with Gasteiger partial charge in [-0.3, -0.25) is 14.5 Å². The van der Waals surface area contributed by atoms with Crippen molar-refractivity contribution in [3.8, 4) is 0 Å². The summed E-state index contributed by atoms with van der Waals surface area (Å²) in [5.41, 5.74) is 1.16. The number of carbonyl (C=O) groups is 1. The first-order valence-corrected chi connectivity index (χ1v) is 10.8. The van der Waals surface area contributed by atoms with E-state index in [0.717, 1.165) is 0 Å². The van der Waals surface area contributed by atoms with Crippen LogP contribution in [-0.4, -0.2) is 59.2 Å². The minimum Gasteiger partial charge on any atom is -0.365 e. The first kappa shape index (κ1) is 22.0. The van der Waals surface area contributed by atoms with E-state index in [9.17, 15) is 14.0 Å². The lowest BCUT2D eigenvalue weighted by molar-refractivity contribution is 0.0957. The van der Waals surface area contributed by atoms with E-state index in [1.165, 1.54) is 13.1 Å². The van der Waals surface area contributed by atoms with Crippen LogP contribution in [0, 0.1) is 18.7 Å². The largest absolute Gasteiger partial charge is 0.365 e. The van der Waals surface area contributed by atoms with E-state index in [1.807, 2.05) is 4.90 Å². The van der Waals surface area contributed by atoms with Gasteiger partial charge in [-0.15, -0.1) is 0 Å². The maximum absolute atomic E-state index is 15.3. The summed E-state index contributed by atoms with van der Waals surface area (Å²) in [4.78, 5) is 34.3. The molecule has 0 spiro atoms. The molecule has 1 aromatic carbocycles. The second-order valence-corrected chi connectivity index (χ2v) is 8.24. The van der Waals surface area contributed by atoms with Gasteiger partial charge < -0.3 is 19.7 Å². The molecule has 0 aliphatic carbocycles. The molecule has 3 aromatic heterocycles. The molecular formula is C23H22F2N6O3. The number of benzene rings is 1. The summed E-state index contributed by atoms with van der Waals surface area (Å²) in [7, 11) is 1.46. The van der Waals surface area contributed by atoms with E-state index in [-0.39, 0.29) is 16.8 Å². The summed E-state index contributed by atoms with van der Waals surface area (Å²) in [6.07, 6.45) is 0. The number of hydrogen-bond donors (Lipinski definition) is 2. The third kappa shape index (κ3) is 3.67. The minimum atomic E-state index is -0.701. The van der Waals surface area contributed by atoms with Crippen molar-refractivity contribution in [1.82, 2.24) is 25.3 Å². The van der Waals surface area contributed by atoms with Crippen molar-refractivity contribution < 1.29 is 18.1 Å². The van der Waals surface area contributed by atoms with Gasteiger partial charge in [0.25, 0.3) is 11.5 Å². The quantitative estimate of drug-likeness (QED) is 0.443. The van der Waals surface area contributed by atoms with Crippen LogP contribution in [0.3, 0.4) is 0 Å². The molecule has 0 unspecified atom stereocenters. The SMILES string of the molecule is CNC(=O)c1ccc(N2CCN(Cc3ccc4c([nH]c(=O)c5c(C)noc54)c3F)CC2)c(F)n1. The highest BCUT2D eigenvalue weighted by atomic mass is 19.1. The van der Waals surface area contributed by atoms with Crippen LogP contribution in [0.5, 0.6) is 0 Å². The molecule has 0 saturated carbocycles. The van der Waals surface area contributed by atoms with E-state index in [4.69, 9.17) is 4.52 Å². The molecule has 11 heteroatoms.